The van der Waals surface area contributed by atoms with Gasteiger partial charge in [0.2, 0.25) is 5.95 Å². The predicted octanol–water partition coefficient (Wildman–Crippen LogP) is 3.88. The largest absolute Gasteiger partial charge is 0.370 e. The number of nitrogens with one attached hydrogen (secondary N) is 2. The number of anilines is 4. The zero-order chi connectivity index (χ0) is 19.1. The molecule has 0 unspecified atom stereocenters. The Bertz CT molecular complexity index is 707. The Morgan fingerprint density at radius 2 is 1.74 bits per heavy atom. The lowest BCUT2D eigenvalue weighted by molar-refractivity contribution is 0.313. The van der Waals surface area contributed by atoms with E-state index in [0.717, 1.165) is 56.3 Å². The summed E-state index contributed by atoms with van der Waals surface area (Å²) in [5, 5.41) is 6.74. The van der Waals surface area contributed by atoms with E-state index in [1.165, 1.54) is 18.5 Å². The molecule has 6 nitrogen and oxygen atoms in total. The Hall–Kier alpha value is -2.34. The minimum absolute atomic E-state index is 0.639. The highest BCUT2D eigenvalue weighted by Gasteiger charge is 2.14. The first-order valence-corrected chi connectivity index (χ1v) is 10.0. The van der Waals surface area contributed by atoms with Gasteiger partial charge in [-0.15, -0.1) is 0 Å². The van der Waals surface area contributed by atoms with Crippen LogP contribution in [0.4, 0.5) is 23.1 Å². The molecule has 0 radical (unpaired) electrons. The van der Waals surface area contributed by atoms with Gasteiger partial charge in [0.25, 0.3) is 0 Å². The second-order valence-corrected chi connectivity index (χ2v) is 7.31. The molecule has 2 aromatic rings. The third kappa shape index (κ3) is 5.82. The molecule has 2 N–H and O–H groups in total. The molecule has 6 heteroatoms. The summed E-state index contributed by atoms with van der Waals surface area (Å²) in [6.07, 6.45) is 3.62. The lowest BCUT2D eigenvalue weighted by Gasteiger charge is -2.34. The fourth-order valence-electron chi connectivity index (χ4n) is 3.26. The Kier molecular flexibility index (Phi) is 6.87. The first kappa shape index (κ1) is 19.4. The van der Waals surface area contributed by atoms with E-state index in [1.807, 2.05) is 13.0 Å². The van der Waals surface area contributed by atoms with E-state index in [0.29, 0.717) is 5.95 Å². The molecule has 0 bridgehead atoms. The summed E-state index contributed by atoms with van der Waals surface area (Å²) in [7, 11) is 2.18. The topological polar surface area (TPSA) is 56.3 Å². The predicted molar refractivity (Wildman–Crippen MR) is 114 cm³/mol. The molecule has 1 saturated heterocycles. The van der Waals surface area contributed by atoms with Gasteiger partial charge in [0.1, 0.15) is 5.82 Å². The molecule has 146 valence electrons. The number of piperazine rings is 1. The van der Waals surface area contributed by atoms with Crippen LogP contribution in [0.2, 0.25) is 0 Å². The second kappa shape index (κ2) is 9.55. The maximum Gasteiger partial charge on any atom is 0.229 e. The molecular weight excluding hydrogens is 336 g/mol. The van der Waals surface area contributed by atoms with Crippen LogP contribution in [0.25, 0.3) is 0 Å². The number of hydrogen-bond acceptors (Lipinski definition) is 6. The molecule has 0 saturated carbocycles. The van der Waals surface area contributed by atoms with Crippen molar-refractivity contribution in [2.45, 2.75) is 33.1 Å². The van der Waals surface area contributed by atoms with Gasteiger partial charge in [0.05, 0.1) is 0 Å². The first-order chi connectivity index (χ1) is 13.1. The molecule has 0 amide bonds. The molecule has 1 aromatic carbocycles. The minimum Gasteiger partial charge on any atom is -0.370 e. The number of rotatable bonds is 8. The van der Waals surface area contributed by atoms with Crippen LogP contribution in [0.5, 0.6) is 0 Å². The van der Waals surface area contributed by atoms with Gasteiger partial charge in [0, 0.05) is 55.9 Å². The van der Waals surface area contributed by atoms with E-state index in [9.17, 15) is 0 Å². The van der Waals surface area contributed by atoms with E-state index in [2.05, 4.69) is 68.6 Å². The van der Waals surface area contributed by atoms with Gasteiger partial charge >= 0.3 is 0 Å². The van der Waals surface area contributed by atoms with Crippen LogP contribution in [0.3, 0.4) is 0 Å². The molecule has 0 aliphatic carbocycles. The van der Waals surface area contributed by atoms with Gasteiger partial charge < -0.3 is 20.4 Å². The van der Waals surface area contributed by atoms with Gasteiger partial charge in [-0.25, -0.2) is 4.98 Å². The Morgan fingerprint density at radius 1 is 1.00 bits per heavy atom. The van der Waals surface area contributed by atoms with E-state index >= 15 is 0 Å². The zero-order valence-corrected chi connectivity index (χ0v) is 16.8. The monoisotopic (exact) mass is 368 g/mol. The molecule has 3 rings (SSSR count). The number of benzene rings is 1. The third-order valence-electron chi connectivity index (χ3n) is 4.93. The maximum atomic E-state index is 4.60. The molecule has 27 heavy (non-hydrogen) atoms. The number of aryl methyl sites for hydroxylation is 1. The normalized spacial score (nSPS) is 15.0. The summed E-state index contributed by atoms with van der Waals surface area (Å²) >= 11 is 0. The summed E-state index contributed by atoms with van der Waals surface area (Å²) in [4.78, 5) is 13.9. The van der Waals surface area contributed by atoms with Crippen molar-refractivity contribution in [2.24, 2.45) is 0 Å². The van der Waals surface area contributed by atoms with Gasteiger partial charge in [0.15, 0.2) is 0 Å². The van der Waals surface area contributed by atoms with Crippen molar-refractivity contribution < 1.29 is 0 Å². The van der Waals surface area contributed by atoms with E-state index in [4.69, 9.17) is 0 Å². The average Bonchev–Trinajstić information content (AvgIpc) is 2.66. The summed E-state index contributed by atoms with van der Waals surface area (Å²) in [5.41, 5.74) is 3.24. The lowest BCUT2D eigenvalue weighted by Crippen LogP contribution is -2.44. The van der Waals surface area contributed by atoms with Crippen LogP contribution in [0.1, 0.15) is 31.9 Å². The molecule has 2 heterocycles. The van der Waals surface area contributed by atoms with Crippen molar-refractivity contribution in [2.75, 3.05) is 55.3 Å². The van der Waals surface area contributed by atoms with Crippen LogP contribution >= 0.6 is 0 Å². The van der Waals surface area contributed by atoms with Crippen LogP contribution < -0.4 is 15.5 Å². The summed E-state index contributed by atoms with van der Waals surface area (Å²) in [5.74, 6) is 1.52. The number of aromatic nitrogens is 2. The van der Waals surface area contributed by atoms with Crippen molar-refractivity contribution in [3.8, 4) is 0 Å². The number of nitrogens with zero attached hydrogens (tertiary/aromatic N) is 4. The third-order valence-corrected chi connectivity index (χ3v) is 4.93. The summed E-state index contributed by atoms with van der Waals surface area (Å²) in [6, 6.07) is 10.6. The highest BCUT2D eigenvalue weighted by Crippen LogP contribution is 2.21. The van der Waals surface area contributed by atoms with Crippen LogP contribution in [0, 0.1) is 6.92 Å². The standard InChI is InChI=1S/C21H32N6/c1-4-5-6-11-22-20-16-17(2)23-21(25-20)24-18-7-9-19(10-8-18)27-14-12-26(3)13-15-27/h7-10,16H,4-6,11-15H2,1-3H3,(H2,22,23,24,25). The van der Waals surface area contributed by atoms with Gasteiger partial charge in [-0.1, -0.05) is 19.8 Å². The van der Waals surface area contributed by atoms with Crippen LogP contribution in [-0.2, 0) is 0 Å². The molecule has 1 fully saturated rings. The Morgan fingerprint density at radius 3 is 2.44 bits per heavy atom. The van der Waals surface area contributed by atoms with Crippen LogP contribution in [-0.4, -0.2) is 54.6 Å². The van der Waals surface area contributed by atoms with E-state index in [-0.39, 0.29) is 0 Å². The Labute approximate surface area is 163 Å². The van der Waals surface area contributed by atoms with Gasteiger partial charge in [-0.3, -0.25) is 0 Å². The van der Waals surface area contributed by atoms with Crippen molar-refractivity contribution >= 4 is 23.1 Å². The molecule has 1 aliphatic rings. The van der Waals surface area contributed by atoms with Crippen molar-refractivity contribution in [3.05, 3.63) is 36.0 Å². The number of likely N-dealkylation sites (N-methyl/N-ethyl adjacent to an activating group) is 1. The van der Waals surface area contributed by atoms with Gasteiger partial charge in [-0.2, -0.15) is 4.98 Å². The highest BCUT2D eigenvalue weighted by molar-refractivity contribution is 5.60. The minimum atomic E-state index is 0.639. The smallest absolute Gasteiger partial charge is 0.229 e. The second-order valence-electron chi connectivity index (χ2n) is 7.31. The number of unbranched alkanes of at least 4 members (excludes halogenated alkanes) is 2. The van der Waals surface area contributed by atoms with E-state index < -0.39 is 0 Å². The first-order valence-electron chi connectivity index (χ1n) is 10.0. The van der Waals surface area contributed by atoms with Crippen LogP contribution in [0.15, 0.2) is 30.3 Å². The molecule has 0 spiro atoms. The summed E-state index contributed by atoms with van der Waals surface area (Å²) in [6.45, 7) is 9.56. The summed E-state index contributed by atoms with van der Waals surface area (Å²) < 4.78 is 0. The van der Waals surface area contributed by atoms with Crippen molar-refractivity contribution in [1.29, 1.82) is 0 Å². The van der Waals surface area contributed by atoms with Gasteiger partial charge in [-0.05, 0) is 44.7 Å². The fourth-order valence-corrected chi connectivity index (χ4v) is 3.26. The maximum absolute atomic E-state index is 4.60. The lowest BCUT2D eigenvalue weighted by atomic mass is 10.2. The fraction of sp³-hybridized carbons (Fsp3) is 0.524. The molecule has 0 atom stereocenters. The molecule has 1 aliphatic heterocycles. The molecule has 1 aromatic heterocycles. The van der Waals surface area contributed by atoms with Crippen molar-refractivity contribution in [3.63, 3.8) is 0 Å². The molecular formula is C21H32N6. The highest BCUT2D eigenvalue weighted by atomic mass is 15.2. The SMILES string of the molecule is CCCCCNc1cc(C)nc(Nc2ccc(N3CCN(C)CC3)cc2)n1. The Balaban J connectivity index is 1.60. The number of hydrogen-bond donors (Lipinski definition) is 2. The average molecular weight is 369 g/mol. The quantitative estimate of drug-likeness (QED) is 0.690. The van der Waals surface area contributed by atoms with E-state index in [1.54, 1.807) is 0 Å². The van der Waals surface area contributed by atoms with Crippen molar-refractivity contribution in [1.82, 2.24) is 14.9 Å². The zero-order valence-electron chi connectivity index (χ0n) is 16.8.